The molecule has 0 aliphatic rings. The molecule has 0 N–H and O–H groups in total. The average molecular weight is 904 g/mol. The van der Waals surface area contributed by atoms with Crippen molar-refractivity contribution in [1.82, 2.24) is 4.98 Å². The van der Waals surface area contributed by atoms with E-state index in [9.17, 15) is 24.0 Å². The van der Waals surface area contributed by atoms with Crippen LogP contribution in [0.15, 0.2) is 121 Å². The predicted octanol–water partition coefficient (Wildman–Crippen LogP) is 10.2. The number of nitrogens with zero attached hydrogens (tertiary/aromatic N) is 3. The molecule has 1 amide bonds. The summed E-state index contributed by atoms with van der Waals surface area (Å²) in [4.78, 5) is 67.1. The van der Waals surface area contributed by atoms with Gasteiger partial charge in [0.1, 0.15) is 23.0 Å². The van der Waals surface area contributed by atoms with Crippen LogP contribution in [0.4, 0.5) is 5.13 Å². The second kappa shape index (κ2) is 26.5. The molecule has 0 spiro atoms. The maximum absolute atomic E-state index is 13.5. The lowest BCUT2D eigenvalue weighted by molar-refractivity contribution is -0.138. The summed E-state index contributed by atoms with van der Waals surface area (Å²) in [5.41, 5.74) is 1.50. The number of thiazole rings is 1. The Morgan fingerprint density at radius 2 is 1.17 bits per heavy atom. The van der Waals surface area contributed by atoms with E-state index in [0.29, 0.717) is 49.5 Å². The van der Waals surface area contributed by atoms with Crippen molar-refractivity contribution in [2.24, 2.45) is 5.10 Å². The standard InChI is InChI=1S/C50H53N3O11S/c1-4-17-45(54)53(50-52-42-18-11-12-19-44(42)65-50)51-35-38-34-41(63-48(57)36-20-24-39(25-21-36)59-30-13-7-9-15-32-61-46(55)5-2)28-29-43(38)64-49(58)37-22-26-40(27-23-37)60-31-14-8-10-16-33-62-47(56)6-3/h5-6,11-12,18-29,34-35H,2-4,7-10,13-17,30-33H2,1H3/b51-35+. The Balaban J connectivity index is 1.24. The smallest absolute Gasteiger partial charge is 0.343 e. The molecule has 0 atom stereocenters. The fraction of sp³-hybridized carbons (Fsp3) is 0.300. The van der Waals surface area contributed by atoms with Crippen LogP contribution in [0.3, 0.4) is 0 Å². The van der Waals surface area contributed by atoms with Crippen LogP contribution in [-0.4, -0.2) is 67.4 Å². The summed E-state index contributed by atoms with van der Waals surface area (Å²) in [5, 5.41) is 6.14. The van der Waals surface area contributed by atoms with Crippen molar-refractivity contribution in [3.8, 4) is 23.0 Å². The van der Waals surface area contributed by atoms with Crippen LogP contribution >= 0.6 is 11.3 Å². The number of amides is 1. The van der Waals surface area contributed by atoms with Gasteiger partial charge in [0.05, 0.1) is 54.0 Å². The Morgan fingerprint density at radius 3 is 1.71 bits per heavy atom. The second-order valence-corrected chi connectivity index (χ2v) is 15.5. The molecule has 1 aromatic heterocycles. The third-order valence-corrected chi connectivity index (χ3v) is 10.5. The minimum atomic E-state index is -0.660. The van der Waals surface area contributed by atoms with Crippen LogP contribution in [0.25, 0.3) is 10.2 Å². The highest BCUT2D eigenvalue weighted by atomic mass is 32.1. The molecule has 0 saturated carbocycles. The molecule has 65 heavy (non-hydrogen) atoms. The van der Waals surface area contributed by atoms with Crippen molar-refractivity contribution < 1.29 is 52.4 Å². The summed E-state index contributed by atoms with van der Waals surface area (Å²) in [6.07, 6.45) is 11.2. The van der Waals surface area contributed by atoms with Crippen molar-refractivity contribution in [1.29, 1.82) is 0 Å². The summed E-state index contributed by atoms with van der Waals surface area (Å²) in [5.74, 6) is -1.01. The second-order valence-electron chi connectivity index (χ2n) is 14.5. The summed E-state index contributed by atoms with van der Waals surface area (Å²) in [6, 6.07) is 25.1. The molecular weight excluding hydrogens is 851 g/mol. The van der Waals surface area contributed by atoms with Gasteiger partial charge in [0.25, 0.3) is 0 Å². The van der Waals surface area contributed by atoms with Gasteiger partial charge in [-0.25, -0.2) is 24.2 Å². The Bertz CT molecular complexity index is 2380. The van der Waals surface area contributed by atoms with Crippen molar-refractivity contribution >= 4 is 62.7 Å². The number of anilines is 1. The SMILES string of the molecule is C=CC(=O)OCCCCCCOc1ccc(C(=O)Oc2ccc(OC(=O)c3ccc(OCCCCCCOC(=O)C=C)cc3)c(/C=N/N(C(=O)CCC)c3nc4ccccc4s3)c2)cc1. The first-order valence-electron chi connectivity index (χ1n) is 21.5. The average Bonchev–Trinajstić information content (AvgIpc) is 3.75. The number of unbranched alkanes of at least 4 members (excludes halogenated alkanes) is 6. The number of esters is 4. The van der Waals surface area contributed by atoms with E-state index in [1.165, 1.54) is 40.8 Å². The number of fused-ring (bicyclic) bond motifs is 1. The van der Waals surface area contributed by atoms with Crippen LogP contribution < -0.4 is 24.0 Å². The van der Waals surface area contributed by atoms with Crippen LogP contribution in [0.5, 0.6) is 23.0 Å². The molecule has 0 aliphatic carbocycles. The molecule has 5 rings (SSSR count). The number of hydrazone groups is 1. The zero-order valence-electron chi connectivity index (χ0n) is 36.4. The maximum Gasteiger partial charge on any atom is 0.343 e. The van der Waals surface area contributed by atoms with E-state index in [-0.39, 0.29) is 40.5 Å². The largest absolute Gasteiger partial charge is 0.494 e. The highest BCUT2D eigenvalue weighted by Crippen LogP contribution is 2.31. The molecular formula is C50H53N3O11S. The zero-order valence-corrected chi connectivity index (χ0v) is 37.3. The first kappa shape index (κ1) is 48.9. The maximum atomic E-state index is 13.5. The van der Waals surface area contributed by atoms with Gasteiger partial charge in [0, 0.05) is 24.1 Å². The van der Waals surface area contributed by atoms with Gasteiger partial charge >= 0.3 is 23.9 Å². The number of rotatable bonds is 27. The van der Waals surface area contributed by atoms with Gasteiger partial charge in [-0.3, -0.25) is 4.79 Å². The van der Waals surface area contributed by atoms with E-state index < -0.39 is 23.9 Å². The molecule has 0 bridgehead atoms. The fourth-order valence-electron chi connectivity index (χ4n) is 6.05. The van der Waals surface area contributed by atoms with Crippen molar-refractivity contribution in [3.05, 3.63) is 133 Å². The van der Waals surface area contributed by atoms with Gasteiger partial charge in [-0.1, -0.05) is 43.6 Å². The monoisotopic (exact) mass is 903 g/mol. The molecule has 0 unspecified atom stereocenters. The predicted molar refractivity (Wildman–Crippen MR) is 249 cm³/mol. The number of benzene rings is 4. The lowest BCUT2D eigenvalue weighted by atomic mass is 10.2. The third kappa shape index (κ3) is 16.2. The topological polar surface area (TPSA) is 169 Å². The van der Waals surface area contributed by atoms with Crippen LogP contribution in [0.1, 0.15) is 97.4 Å². The summed E-state index contributed by atoms with van der Waals surface area (Å²) in [7, 11) is 0. The number of carbonyl (C=O) groups is 5. The number of carbonyl (C=O) groups excluding carboxylic acids is 5. The zero-order chi connectivity index (χ0) is 46.2. The molecule has 14 nitrogen and oxygen atoms in total. The van der Waals surface area contributed by atoms with Gasteiger partial charge in [0.15, 0.2) is 0 Å². The van der Waals surface area contributed by atoms with E-state index >= 15 is 0 Å². The van der Waals surface area contributed by atoms with E-state index in [0.717, 1.165) is 73.7 Å². The molecule has 5 aromatic rings. The van der Waals surface area contributed by atoms with Crippen molar-refractivity contribution in [2.45, 2.75) is 71.1 Å². The van der Waals surface area contributed by atoms with Crippen LogP contribution in [0, 0.1) is 0 Å². The minimum absolute atomic E-state index is 0.1000. The number of hydrogen-bond donors (Lipinski definition) is 0. The lowest BCUT2D eigenvalue weighted by Crippen LogP contribution is -2.25. The first-order chi connectivity index (χ1) is 31.7. The Hall–Kier alpha value is -7.13. The summed E-state index contributed by atoms with van der Waals surface area (Å²) < 4.78 is 34.2. The van der Waals surface area contributed by atoms with Gasteiger partial charge in [-0.15, -0.1) is 0 Å². The van der Waals surface area contributed by atoms with Crippen molar-refractivity contribution in [2.75, 3.05) is 31.4 Å². The number of ether oxygens (including phenoxy) is 6. The van der Waals surface area contributed by atoms with E-state index in [4.69, 9.17) is 28.4 Å². The van der Waals surface area contributed by atoms with E-state index in [2.05, 4.69) is 23.2 Å². The quantitative estimate of drug-likeness (QED) is 0.0122. The van der Waals surface area contributed by atoms with E-state index in [1.807, 2.05) is 31.2 Å². The minimum Gasteiger partial charge on any atom is -0.494 e. The number of hydrogen-bond acceptors (Lipinski definition) is 14. The number of para-hydroxylation sites is 1. The molecule has 0 aliphatic heterocycles. The normalized spacial score (nSPS) is 10.8. The highest BCUT2D eigenvalue weighted by Gasteiger charge is 2.20. The fourth-order valence-corrected chi connectivity index (χ4v) is 6.99. The van der Waals surface area contributed by atoms with E-state index in [1.54, 1.807) is 48.5 Å². The van der Waals surface area contributed by atoms with Gasteiger partial charge in [-0.05, 0) is 137 Å². The Labute approximate surface area is 382 Å². The summed E-state index contributed by atoms with van der Waals surface area (Å²) >= 11 is 1.31. The number of aromatic nitrogens is 1. The van der Waals surface area contributed by atoms with Crippen LogP contribution in [0.2, 0.25) is 0 Å². The first-order valence-corrected chi connectivity index (χ1v) is 22.3. The van der Waals surface area contributed by atoms with Gasteiger partial charge in [-0.2, -0.15) is 10.1 Å². The van der Waals surface area contributed by atoms with Crippen molar-refractivity contribution in [3.63, 3.8) is 0 Å². The molecule has 0 radical (unpaired) electrons. The van der Waals surface area contributed by atoms with Crippen LogP contribution in [-0.2, 0) is 23.9 Å². The Kier molecular flexibility index (Phi) is 19.9. The third-order valence-electron chi connectivity index (χ3n) is 9.49. The molecule has 15 heteroatoms. The molecule has 340 valence electrons. The molecule has 4 aromatic carbocycles. The molecule has 1 heterocycles. The molecule has 0 saturated heterocycles. The highest BCUT2D eigenvalue weighted by molar-refractivity contribution is 7.22. The lowest BCUT2D eigenvalue weighted by Gasteiger charge is -2.14. The van der Waals surface area contributed by atoms with Gasteiger partial charge < -0.3 is 28.4 Å². The molecule has 0 fully saturated rings. The summed E-state index contributed by atoms with van der Waals surface area (Å²) in [6.45, 7) is 10.3. The Morgan fingerprint density at radius 1 is 0.646 bits per heavy atom. The van der Waals surface area contributed by atoms with Gasteiger partial charge in [0.2, 0.25) is 11.0 Å².